The molecule has 0 radical (unpaired) electrons. The molecule has 1 heterocycles. The first kappa shape index (κ1) is 12.4. The van der Waals surface area contributed by atoms with Crippen LogP contribution in [0.25, 0.3) is 0 Å². The lowest BCUT2D eigenvalue weighted by molar-refractivity contribution is -0.126. The molecule has 1 aliphatic rings. The van der Waals surface area contributed by atoms with Gasteiger partial charge < -0.3 is 20.1 Å². The van der Waals surface area contributed by atoms with Crippen molar-refractivity contribution in [2.24, 2.45) is 0 Å². The number of carbonyl (C=O) groups is 1. The molecule has 2 atom stereocenters. The van der Waals surface area contributed by atoms with E-state index in [2.05, 4.69) is 10.6 Å². The molecule has 1 rings (SSSR count). The van der Waals surface area contributed by atoms with Crippen LogP contribution in [0.2, 0.25) is 0 Å². The lowest BCUT2D eigenvalue weighted by Gasteiger charge is -2.23. The number of ether oxygens (including phenoxy) is 2. The van der Waals surface area contributed by atoms with Gasteiger partial charge in [-0.1, -0.05) is 0 Å². The zero-order chi connectivity index (χ0) is 11.1. The van der Waals surface area contributed by atoms with Crippen molar-refractivity contribution in [1.82, 2.24) is 10.6 Å². The van der Waals surface area contributed by atoms with Crippen molar-refractivity contribution in [3.8, 4) is 0 Å². The number of morpholine rings is 1. The van der Waals surface area contributed by atoms with Gasteiger partial charge >= 0.3 is 0 Å². The SMILES string of the molecule is CCOC(C)CNC(=O)C1COCCN1. The highest BCUT2D eigenvalue weighted by atomic mass is 16.5. The molecule has 0 bridgehead atoms. The van der Waals surface area contributed by atoms with Gasteiger partial charge in [0, 0.05) is 19.7 Å². The van der Waals surface area contributed by atoms with Crippen molar-refractivity contribution < 1.29 is 14.3 Å². The minimum absolute atomic E-state index is 0.0127. The molecule has 2 unspecified atom stereocenters. The van der Waals surface area contributed by atoms with E-state index in [-0.39, 0.29) is 18.1 Å². The number of hydrogen-bond acceptors (Lipinski definition) is 4. The molecule has 1 aliphatic heterocycles. The van der Waals surface area contributed by atoms with Crippen LogP contribution in [-0.2, 0) is 14.3 Å². The molecule has 0 spiro atoms. The normalized spacial score (nSPS) is 23.5. The van der Waals surface area contributed by atoms with E-state index in [1.165, 1.54) is 0 Å². The van der Waals surface area contributed by atoms with Gasteiger partial charge in [-0.15, -0.1) is 0 Å². The predicted molar refractivity (Wildman–Crippen MR) is 56.7 cm³/mol. The summed E-state index contributed by atoms with van der Waals surface area (Å²) in [6.45, 7) is 6.96. The van der Waals surface area contributed by atoms with Crippen LogP contribution in [0.1, 0.15) is 13.8 Å². The Morgan fingerprint density at radius 3 is 3.13 bits per heavy atom. The highest BCUT2D eigenvalue weighted by Gasteiger charge is 2.20. The monoisotopic (exact) mass is 216 g/mol. The van der Waals surface area contributed by atoms with Crippen LogP contribution in [0.3, 0.4) is 0 Å². The Bertz CT molecular complexity index is 193. The quantitative estimate of drug-likeness (QED) is 0.651. The van der Waals surface area contributed by atoms with E-state index in [9.17, 15) is 4.79 Å². The summed E-state index contributed by atoms with van der Waals surface area (Å²) in [6, 6.07) is -0.215. The van der Waals surface area contributed by atoms with Gasteiger partial charge in [-0.05, 0) is 13.8 Å². The summed E-state index contributed by atoms with van der Waals surface area (Å²) in [4.78, 5) is 11.6. The average molecular weight is 216 g/mol. The summed E-state index contributed by atoms with van der Waals surface area (Å²) < 4.78 is 10.5. The van der Waals surface area contributed by atoms with Crippen LogP contribution in [0, 0.1) is 0 Å². The molecule has 5 heteroatoms. The zero-order valence-corrected chi connectivity index (χ0v) is 9.41. The maximum absolute atomic E-state index is 11.6. The van der Waals surface area contributed by atoms with Gasteiger partial charge in [-0.2, -0.15) is 0 Å². The number of amides is 1. The fourth-order valence-electron chi connectivity index (χ4n) is 1.44. The maximum atomic E-state index is 11.6. The summed E-state index contributed by atoms with van der Waals surface area (Å²) in [6.07, 6.45) is 0.0588. The number of nitrogens with one attached hydrogen (secondary N) is 2. The first-order valence-corrected chi connectivity index (χ1v) is 5.44. The average Bonchev–Trinajstić information content (AvgIpc) is 2.27. The Balaban J connectivity index is 2.16. The third kappa shape index (κ3) is 4.59. The number of hydrogen-bond donors (Lipinski definition) is 2. The number of carbonyl (C=O) groups excluding carboxylic acids is 1. The Hall–Kier alpha value is -0.650. The van der Waals surface area contributed by atoms with Crippen molar-refractivity contribution >= 4 is 5.91 Å². The summed E-state index contributed by atoms with van der Waals surface area (Å²) >= 11 is 0. The summed E-state index contributed by atoms with van der Waals surface area (Å²) in [5, 5.41) is 5.93. The largest absolute Gasteiger partial charge is 0.378 e. The molecule has 88 valence electrons. The Morgan fingerprint density at radius 1 is 1.73 bits per heavy atom. The second kappa shape index (κ2) is 6.76. The Kier molecular flexibility index (Phi) is 5.60. The van der Waals surface area contributed by atoms with Crippen LogP contribution in [-0.4, -0.2) is 51.0 Å². The molecule has 0 saturated carbocycles. The van der Waals surface area contributed by atoms with E-state index in [1.54, 1.807) is 0 Å². The second-order valence-electron chi connectivity index (χ2n) is 3.59. The third-order valence-electron chi connectivity index (χ3n) is 2.25. The minimum atomic E-state index is -0.215. The molecule has 2 N–H and O–H groups in total. The van der Waals surface area contributed by atoms with Crippen LogP contribution < -0.4 is 10.6 Å². The van der Waals surface area contributed by atoms with Crippen LogP contribution >= 0.6 is 0 Å². The summed E-state index contributed by atoms with van der Waals surface area (Å²) in [5.41, 5.74) is 0. The molecule has 1 fully saturated rings. The van der Waals surface area contributed by atoms with E-state index >= 15 is 0 Å². The number of rotatable bonds is 5. The molecular weight excluding hydrogens is 196 g/mol. The van der Waals surface area contributed by atoms with Gasteiger partial charge in [0.1, 0.15) is 6.04 Å². The Labute approximate surface area is 90.5 Å². The van der Waals surface area contributed by atoms with E-state index in [4.69, 9.17) is 9.47 Å². The molecule has 0 aromatic heterocycles. The molecule has 0 aliphatic carbocycles. The van der Waals surface area contributed by atoms with Crippen LogP contribution in [0.4, 0.5) is 0 Å². The predicted octanol–water partition coefficient (Wildman–Crippen LogP) is -0.484. The zero-order valence-electron chi connectivity index (χ0n) is 9.41. The fraction of sp³-hybridized carbons (Fsp3) is 0.900. The highest BCUT2D eigenvalue weighted by Crippen LogP contribution is 1.94. The van der Waals surface area contributed by atoms with E-state index in [0.717, 1.165) is 6.54 Å². The van der Waals surface area contributed by atoms with E-state index in [0.29, 0.717) is 26.4 Å². The topological polar surface area (TPSA) is 59.6 Å². The van der Waals surface area contributed by atoms with Crippen molar-refractivity contribution in [2.75, 3.05) is 32.9 Å². The van der Waals surface area contributed by atoms with Crippen molar-refractivity contribution in [2.45, 2.75) is 26.0 Å². The molecule has 1 saturated heterocycles. The van der Waals surface area contributed by atoms with Crippen LogP contribution in [0.15, 0.2) is 0 Å². The van der Waals surface area contributed by atoms with Crippen molar-refractivity contribution in [1.29, 1.82) is 0 Å². The molecular formula is C10H20N2O3. The third-order valence-corrected chi connectivity index (χ3v) is 2.25. The lowest BCUT2D eigenvalue weighted by Crippen LogP contribution is -2.52. The van der Waals surface area contributed by atoms with Gasteiger partial charge in [0.15, 0.2) is 0 Å². The standard InChI is InChI=1S/C10H20N2O3/c1-3-15-8(2)6-12-10(13)9-7-14-5-4-11-9/h8-9,11H,3-7H2,1-2H3,(H,12,13). The van der Waals surface area contributed by atoms with E-state index < -0.39 is 0 Å². The molecule has 15 heavy (non-hydrogen) atoms. The van der Waals surface area contributed by atoms with Crippen molar-refractivity contribution in [3.05, 3.63) is 0 Å². The molecule has 0 aromatic carbocycles. The minimum Gasteiger partial charge on any atom is -0.378 e. The van der Waals surface area contributed by atoms with Gasteiger partial charge in [0.25, 0.3) is 0 Å². The van der Waals surface area contributed by atoms with E-state index in [1.807, 2.05) is 13.8 Å². The smallest absolute Gasteiger partial charge is 0.239 e. The molecule has 5 nitrogen and oxygen atoms in total. The first-order valence-electron chi connectivity index (χ1n) is 5.44. The summed E-state index contributed by atoms with van der Waals surface area (Å²) in [7, 11) is 0. The second-order valence-corrected chi connectivity index (χ2v) is 3.59. The summed E-state index contributed by atoms with van der Waals surface area (Å²) in [5.74, 6) is -0.0127. The molecule has 1 amide bonds. The van der Waals surface area contributed by atoms with Gasteiger partial charge in [-0.3, -0.25) is 4.79 Å². The van der Waals surface area contributed by atoms with Crippen LogP contribution in [0.5, 0.6) is 0 Å². The Morgan fingerprint density at radius 2 is 2.53 bits per heavy atom. The van der Waals surface area contributed by atoms with Gasteiger partial charge in [0.05, 0.1) is 19.3 Å². The van der Waals surface area contributed by atoms with Gasteiger partial charge in [0.2, 0.25) is 5.91 Å². The van der Waals surface area contributed by atoms with Crippen molar-refractivity contribution in [3.63, 3.8) is 0 Å². The molecule has 0 aromatic rings. The van der Waals surface area contributed by atoms with Gasteiger partial charge in [-0.25, -0.2) is 0 Å². The maximum Gasteiger partial charge on any atom is 0.239 e. The lowest BCUT2D eigenvalue weighted by atomic mass is 10.2. The fourth-order valence-corrected chi connectivity index (χ4v) is 1.44. The first-order chi connectivity index (χ1) is 7.24. The highest BCUT2D eigenvalue weighted by molar-refractivity contribution is 5.81.